The van der Waals surface area contributed by atoms with Gasteiger partial charge in [0.15, 0.2) is 5.82 Å². The van der Waals surface area contributed by atoms with E-state index in [-0.39, 0.29) is 0 Å². The molecule has 5 nitrogen and oxygen atoms in total. The Morgan fingerprint density at radius 3 is 2.48 bits per heavy atom. The van der Waals surface area contributed by atoms with E-state index in [9.17, 15) is 0 Å². The first-order valence-corrected chi connectivity index (χ1v) is 7.25. The number of imidazole rings is 1. The van der Waals surface area contributed by atoms with Crippen LogP contribution in [-0.4, -0.2) is 23.9 Å². The monoisotopic (exact) mass is 310 g/mol. The zero-order valence-corrected chi connectivity index (χ0v) is 13.1. The van der Waals surface area contributed by atoms with Gasteiger partial charge in [0, 0.05) is 11.8 Å². The van der Waals surface area contributed by atoms with Crippen LogP contribution >= 0.6 is 0 Å². The molecule has 3 rings (SSSR count). The van der Waals surface area contributed by atoms with Gasteiger partial charge in [-0.15, -0.1) is 0 Å². The van der Waals surface area contributed by atoms with Crippen LogP contribution in [0.5, 0.6) is 11.5 Å². The number of aromatic nitrogens is 2. The molecular formula is C18H18N2O3. The van der Waals surface area contributed by atoms with E-state index in [1.165, 1.54) is 0 Å². The van der Waals surface area contributed by atoms with E-state index in [4.69, 9.17) is 14.3 Å². The van der Waals surface area contributed by atoms with Gasteiger partial charge in [-0.25, -0.2) is 4.98 Å². The van der Waals surface area contributed by atoms with Crippen molar-refractivity contribution >= 4 is 0 Å². The van der Waals surface area contributed by atoms with Crippen molar-refractivity contribution < 1.29 is 14.3 Å². The summed E-state index contributed by atoms with van der Waals surface area (Å²) < 4.78 is 13.0. The van der Waals surface area contributed by atoms with E-state index in [0.717, 1.165) is 22.6 Å². The standard InChI is InChI=1S/C18H18N2O3/c1-21-16-9-5-3-7-14(16)13-23-17-10-6-4-8-15(17)18-19-11-12-20(18)22-2/h3-12H,13H2,1-2H3. The highest BCUT2D eigenvalue weighted by Gasteiger charge is 2.12. The molecular weight excluding hydrogens is 292 g/mol. The fraction of sp³-hybridized carbons (Fsp3) is 0.167. The van der Waals surface area contributed by atoms with Gasteiger partial charge in [0.25, 0.3) is 0 Å². The van der Waals surface area contributed by atoms with Crippen LogP contribution < -0.4 is 14.3 Å². The lowest BCUT2D eigenvalue weighted by molar-refractivity contribution is 0.170. The smallest absolute Gasteiger partial charge is 0.179 e. The Balaban J connectivity index is 1.87. The van der Waals surface area contributed by atoms with Crippen LogP contribution in [0.4, 0.5) is 0 Å². The molecule has 1 aromatic heterocycles. The molecule has 0 aliphatic rings. The van der Waals surface area contributed by atoms with Gasteiger partial charge in [0.2, 0.25) is 0 Å². The minimum Gasteiger partial charge on any atom is -0.496 e. The first kappa shape index (κ1) is 15.0. The van der Waals surface area contributed by atoms with Crippen molar-refractivity contribution in [2.75, 3.05) is 14.2 Å². The number of para-hydroxylation sites is 2. The van der Waals surface area contributed by atoms with Crippen molar-refractivity contribution in [1.29, 1.82) is 0 Å². The molecule has 0 fully saturated rings. The van der Waals surface area contributed by atoms with Crippen LogP contribution in [0, 0.1) is 0 Å². The van der Waals surface area contributed by atoms with Crippen molar-refractivity contribution in [3.63, 3.8) is 0 Å². The van der Waals surface area contributed by atoms with Gasteiger partial charge >= 0.3 is 0 Å². The summed E-state index contributed by atoms with van der Waals surface area (Å²) in [4.78, 5) is 9.61. The molecule has 0 saturated heterocycles. The lowest BCUT2D eigenvalue weighted by atomic mass is 10.2. The fourth-order valence-corrected chi connectivity index (χ4v) is 2.38. The summed E-state index contributed by atoms with van der Waals surface area (Å²) in [5, 5.41) is 0. The molecule has 1 heterocycles. The number of nitrogens with zero attached hydrogens (tertiary/aromatic N) is 2. The Kier molecular flexibility index (Phi) is 4.47. The average Bonchev–Trinajstić information content (AvgIpc) is 3.09. The number of benzene rings is 2. The maximum absolute atomic E-state index is 6.00. The molecule has 23 heavy (non-hydrogen) atoms. The summed E-state index contributed by atoms with van der Waals surface area (Å²) in [6.07, 6.45) is 3.45. The number of rotatable bonds is 6. The fourth-order valence-electron chi connectivity index (χ4n) is 2.38. The van der Waals surface area contributed by atoms with Crippen molar-refractivity contribution in [2.24, 2.45) is 0 Å². The van der Waals surface area contributed by atoms with Gasteiger partial charge in [-0.05, 0) is 18.2 Å². The summed E-state index contributed by atoms with van der Waals surface area (Å²) in [6, 6.07) is 15.5. The quantitative estimate of drug-likeness (QED) is 0.701. The lowest BCUT2D eigenvalue weighted by Gasteiger charge is -2.13. The molecule has 0 aliphatic heterocycles. The third-order valence-electron chi connectivity index (χ3n) is 3.51. The van der Waals surface area contributed by atoms with Gasteiger partial charge < -0.3 is 14.3 Å². The van der Waals surface area contributed by atoms with E-state index in [1.807, 2.05) is 48.5 Å². The molecule has 0 atom stereocenters. The van der Waals surface area contributed by atoms with Crippen LogP contribution in [0.25, 0.3) is 11.4 Å². The van der Waals surface area contributed by atoms with Crippen LogP contribution in [0.2, 0.25) is 0 Å². The predicted octanol–water partition coefficient (Wildman–Crippen LogP) is 3.20. The Morgan fingerprint density at radius 1 is 0.957 bits per heavy atom. The molecule has 118 valence electrons. The second-order valence-corrected chi connectivity index (χ2v) is 4.86. The van der Waals surface area contributed by atoms with Crippen LogP contribution in [0.1, 0.15) is 5.56 Å². The van der Waals surface area contributed by atoms with Gasteiger partial charge in [0.05, 0.1) is 18.9 Å². The first-order valence-electron chi connectivity index (χ1n) is 7.25. The molecule has 3 aromatic rings. The lowest BCUT2D eigenvalue weighted by Crippen LogP contribution is -2.07. The molecule has 0 saturated carbocycles. The zero-order chi connectivity index (χ0) is 16.1. The maximum atomic E-state index is 6.00. The van der Waals surface area contributed by atoms with E-state index in [2.05, 4.69) is 4.98 Å². The SMILES string of the molecule is COc1ccccc1COc1ccccc1-c1nccn1OC. The molecule has 0 aliphatic carbocycles. The molecule has 0 unspecified atom stereocenters. The summed E-state index contributed by atoms with van der Waals surface area (Å²) >= 11 is 0. The van der Waals surface area contributed by atoms with Gasteiger partial charge in [0.1, 0.15) is 25.2 Å². The highest BCUT2D eigenvalue weighted by molar-refractivity contribution is 5.64. The third-order valence-corrected chi connectivity index (χ3v) is 3.51. The zero-order valence-electron chi connectivity index (χ0n) is 13.1. The van der Waals surface area contributed by atoms with Gasteiger partial charge in [-0.1, -0.05) is 30.3 Å². The molecule has 2 aromatic carbocycles. The molecule has 0 radical (unpaired) electrons. The summed E-state index contributed by atoms with van der Waals surface area (Å²) in [5.41, 5.74) is 1.86. The molecule has 0 bridgehead atoms. The highest BCUT2D eigenvalue weighted by Crippen LogP contribution is 2.29. The molecule has 0 amide bonds. The average molecular weight is 310 g/mol. The number of hydrogen-bond donors (Lipinski definition) is 0. The number of ether oxygens (including phenoxy) is 2. The van der Waals surface area contributed by atoms with E-state index in [0.29, 0.717) is 12.4 Å². The highest BCUT2D eigenvalue weighted by atomic mass is 16.6. The Labute approximate surface area is 135 Å². The second-order valence-electron chi connectivity index (χ2n) is 4.86. The summed E-state index contributed by atoms with van der Waals surface area (Å²) in [5.74, 6) is 2.24. The van der Waals surface area contributed by atoms with Crippen LogP contribution in [-0.2, 0) is 6.61 Å². The largest absolute Gasteiger partial charge is 0.496 e. The van der Waals surface area contributed by atoms with Crippen LogP contribution in [0.3, 0.4) is 0 Å². The minimum absolute atomic E-state index is 0.411. The molecule has 0 spiro atoms. The predicted molar refractivity (Wildman–Crippen MR) is 87.5 cm³/mol. The Bertz CT molecular complexity index is 783. The molecule has 0 N–H and O–H groups in total. The van der Waals surface area contributed by atoms with E-state index in [1.54, 1.807) is 31.3 Å². The Hall–Kier alpha value is -2.95. The maximum Gasteiger partial charge on any atom is 0.179 e. The van der Waals surface area contributed by atoms with Crippen molar-refractivity contribution in [3.8, 4) is 22.9 Å². The Morgan fingerprint density at radius 2 is 1.70 bits per heavy atom. The molecule has 5 heteroatoms. The van der Waals surface area contributed by atoms with Gasteiger partial charge in [-0.2, -0.15) is 4.73 Å². The number of hydrogen-bond acceptors (Lipinski definition) is 4. The van der Waals surface area contributed by atoms with Gasteiger partial charge in [-0.3, -0.25) is 0 Å². The van der Waals surface area contributed by atoms with E-state index < -0.39 is 0 Å². The summed E-state index contributed by atoms with van der Waals surface area (Å²) in [7, 11) is 3.26. The van der Waals surface area contributed by atoms with Crippen molar-refractivity contribution in [2.45, 2.75) is 6.61 Å². The third kappa shape index (κ3) is 3.13. The second kappa shape index (κ2) is 6.87. The topological polar surface area (TPSA) is 45.5 Å². The number of methoxy groups -OCH3 is 1. The minimum atomic E-state index is 0.411. The summed E-state index contributed by atoms with van der Waals surface area (Å²) in [6.45, 7) is 0.411. The van der Waals surface area contributed by atoms with E-state index >= 15 is 0 Å². The van der Waals surface area contributed by atoms with Crippen molar-refractivity contribution in [1.82, 2.24) is 9.71 Å². The normalized spacial score (nSPS) is 10.3. The van der Waals surface area contributed by atoms with Crippen molar-refractivity contribution in [3.05, 3.63) is 66.5 Å². The first-order chi connectivity index (χ1) is 11.3. The van der Waals surface area contributed by atoms with Crippen LogP contribution in [0.15, 0.2) is 60.9 Å².